The fourth-order valence-electron chi connectivity index (χ4n) is 4.11. The number of aromatic nitrogens is 1. The average molecular weight is 516 g/mol. The van der Waals surface area contributed by atoms with Crippen LogP contribution < -0.4 is 9.47 Å². The number of benzene rings is 2. The van der Waals surface area contributed by atoms with Crippen LogP contribution >= 0.6 is 11.3 Å². The summed E-state index contributed by atoms with van der Waals surface area (Å²) >= 11 is 1.71. The van der Waals surface area contributed by atoms with E-state index in [9.17, 15) is 4.79 Å². The molecule has 0 spiro atoms. The third-order valence-electron chi connectivity index (χ3n) is 6.00. The molecule has 37 heavy (non-hydrogen) atoms. The first-order valence-corrected chi connectivity index (χ1v) is 12.8. The third-order valence-corrected chi connectivity index (χ3v) is 6.97. The standard InChI is InChI=1S/C30H29NO5S/c1-4-6-22(16-30(32)33)23-10-12-29(31-17-23)36-18-21-9-11-28-25(15-21)26(19-37-28)24-7-5-8-27(20(24)2)35-14-13-34-3/h5,7-12,15,17,19,22H,13-14,16,18H2,1-3H3,(H,32,33)/t22-/m0/s1. The molecule has 4 rings (SSSR count). The van der Waals surface area contributed by atoms with Crippen molar-refractivity contribution in [3.05, 3.63) is 76.8 Å². The van der Waals surface area contributed by atoms with Crippen LogP contribution in [0.4, 0.5) is 0 Å². The molecule has 0 saturated heterocycles. The van der Waals surface area contributed by atoms with Crippen molar-refractivity contribution < 1.29 is 24.1 Å². The van der Waals surface area contributed by atoms with E-state index in [-0.39, 0.29) is 6.42 Å². The second-order valence-electron chi connectivity index (χ2n) is 8.51. The highest BCUT2D eigenvalue weighted by molar-refractivity contribution is 7.17. The first kappa shape index (κ1) is 26.2. The molecule has 190 valence electrons. The molecule has 0 bridgehead atoms. The van der Waals surface area contributed by atoms with Gasteiger partial charge >= 0.3 is 5.97 Å². The second kappa shape index (κ2) is 12.4. The summed E-state index contributed by atoms with van der Waals surface area (Å²) in [5.74, 6) is 5.78. The molecule has 2 aromatic carbocycles. The zero-order valence-corrected chi connectivity index (χ0v) is 21.9. The van der Waals surface area contributed by atoms with Crippen LogP contribution in [-0.4, -0.2) is 36.4 Å². The molecule has 1 atom stereocenters. The predicted molar refractivity (Wildman–Crippen MR) is 146 cm³/mol. The number of ether oxygens (including phenoxy) is 3. The number of methoxy groups -OCH3 is 1. The van der Waals surface area contributed by atoms with Gasteiger partial charge < -0.3 is 19.3 Å². The van der Waals surface area contributed by atoms with E-state index in [1.807, 2.05) is 18.2 Å². The SMILES string of the molecule is CC#C[C@@H](CC(=O)O)c1ccc(OCc2ccc3scc(-c4cccc(OCCOC)c4C)c3c2)nc1. The van der Waals surface area contributed by atoms with Crippen molar-refractivity contribution in [3.8, 4) is 34.6 Å². The minimum absolute atomic E-state index is 0.0621. The summed E-state index contributed by atoms with van der Waals surface area (Å²) in [6.45, 7) is 5.19. The number of hydrogen-bond donors (Lipinski definition) is 1. The van der Waals surface area contributed by atoms with Gasteiger partial charge in [0, 0.05) is 35.0 Å². The fourth-order valence-corrected chi connectivity index (χ4v) is 5.05. The summed E-state index contributed by atoms with van der Waals surface area (Å²) in [5, 5.41) is 12.5. The van der Waals surface area contributed by atoms with Crippen molar-refractivity contribution in [2.75, 3.05) is 20.3 Å². The molecule has 7 heteroatoms. The van der Waals surface area contributed by atoms with Crippen LogP contribution in [0.25, 0.3) is 21.2 Å². The van der Waals surface area contributed by atoms with Gasteiger partial charge in [0.15, 0.2) is 0 Å². The van der Waals surface area contributed by atoms with Crippen molar-refractivity contribution >= 4 is 27.4 Å². The molecule has 0 aliphatic heterocycles. The van der Waals surface area contributed by atoms with Crippen LogP contribution in [-0.2, 0) is 16.1 Å². The van der Waals surface area contributed by atoms with E-state index in [1.165, 1.54) is 15.6 Å². The minimum Gasteiger partial charge on any atom is -0.491 e. The number of hydrogen-bond acceptors (Lipinski definition) is 6. The van der Waals surface area contributed by atoms with Crippen LogP contribution in [0.1, 0.15) is 36.0 Å². The topological polar surface area (TPSA) is 77.9 Å². The number of rotatable bonds is 11. The molecular weight excluding hydrogens is 486 g/mol. The Bertz CT molecular complexity index is 1430. The zero-order chi connectivity index (χ0) is 26.2. The average Bonchev–Trinajstić information content (AvgIpc) is 3.31. The molecule has 4 aromatic rings. The molecule has 0 aliphatic carbocycles. The summed E-state index contributed by atoms with van der Waals surface area (Å²) in [5.41, 5.74) is 5.20. The van der Waals surface area contributed by atoms with Crippen LogP contribution in [0.15, 0.2) is 60.1 Å². The first-order valence-electron chi connectivity index (χ1n) is 11.9. The molecule has 0 aliphatic rings. The van der Waals surface area contributed by atoms with Crippen LogP contribution in [0.2, 0.25) is 0 Å². The molecule has 2 aromatic heterocycles. The molecule has 0 amide bonds. The Hall–Kier alpha value is -3.86. The van der Waals surface area contributed by atoms with Crippen LogP contribution in [0.5, 0.6) is 11.6 Å². The fraction of sp³-hybridized carbons (Fsp3) is 0.267. The molecule has 6 nitrogen and oxygen atoms in total. The number of nitrogens with zero attached hydrogens (tertiary/aromatic N) is 1. The third kappa shape index (κ3) is 6.48. The highest BCUT2D eigenvalue weighted by Gasteiger charge is 2.15. The predicted octanol–water partition coefficient (Wildman–Crippen LogP) is 6.46. The van der Waals surface area contributed by atoms with Gasteiger partial charge in [-0.15, -0.1) is 17.3 Å². The Kier molecular flexibility index (Phi) is 8.78. The summed E-state index contributed by atoms with van der Waals surface area (Å²) in [4.78, 5) is 15.5. The number of carboxylic acid groups (broad SMARTS) is 1. The van der Waals surface area contributed by atoms with Gasteiger partial charge in [-0.05, 0) is 59.7 Å². The Morgan fingerprint density at radius 1 is 1.11 bits per heavy atom. The lowest BCUT2D eigenvalue weighted by molar-refractivity contribution is -0.137. The number of aliphatic carboxylic acids is 1. The van der Waals surface area contributed by atoms with Crippen molar-refractivity contribution in [1.82, 2.24) is 4.98 Å². The summed E-state index contributed by atoms with van der Waals surface area (Å²) < 4.78 is 18.2. The number of pyridine rings is 1. The smallest absolute Gasteiger partial charge is 0.304 e. The minimum atomic E-state index is -0.892. The van der Waals surface area contributed by atoms with Gasteiger partial charge in [0.1, 0.15) is 19.0 Å². The molecule has 0 radical (unpaired) electrons. The van der Waals surface area contributed by atoms with Crippen molar-refractivity contribution in [3.63, 3.8) is 0 Å². The molecule has 1 N–H and O–H groups in total. The lowest BCUT2D eigenvalue weighted by atomic mass is 9.98. The number of carboxylic acids is 1. The van der Waals surface area contributed by atoms with E-state index in [2.05, 4.69) is 53.4 Å². The molecular formula is C30H29NO5S. The van der Waals surface area contributed by atoms with Gasteiger partial charge in [-0.3, -0.25) is 4.79 Å². The maximum Gasteiger partial charge on any atom is 0.304 e. The van der Waals surface area contributed by atoms with Gasteiger partial charge in [0.25, 0.3) is 0 Å². The van der Waals surface area contributed by atoms with E-state index in [1.54, 1.807) is 37.6 Å². The lowest BCUT2D eigenvalue weighted by Gasteiger charge is -2.13. The van der Waals surface area contributed by atoms with Gasteiger partial charge in [-0.2, -0.15) is 0 Å². The lowest BCUT2D eigenvalue weighted by Crippen LogP contribution is -2.05. The maximum absolute atomic E-state index is 11.1. The van der Waals surface area contributed by atoms with E-state index in [4.69, 9.17) is 19.3 Å². The van der Waals surface area contributed by atoms with Crippen molar-refractivity contribution in [2.24, 2.45) is 0 Å². The van der Waals surface area contributed by atoms with Gasteiger partial charge in [0.05, 0.1) is 18.9 Å². The van der Waals surface area contributed by atoms with E-state index in [0.717, 1.165) is 28.0 Å². The molecule has 0 fully saturated rings. The van der Waals surface area contributed by atoms with E-state index in [0.29, 0.717) is 25.7 Å². The molecule has 0 saturated carbocycles. The van der Waals surface area contributed by atoms with Crippen LogP contribution in [0.3, 0.4) is 0 Å². The largest absolute Gasteiger partial charge is 0.491 e. The van der Waals surface area contributed by atoms with Crippen LogP contribution in [0, 0.1) is 18.8 Å². The number of fused-ring (bicyclic) bond motifs is 1. The van der Waals surface area contributed by atoms with Crippen molar-refractivity contribution in [1.29, 1.82) is 0 Å². The second-order valence-corrected chi connectivity index (χ2v) is 9.42. The quantitative estimate of drug-likeness (QED) is 0.183. The van der Waals surface area contributed by atoms with E-state index >= 15 is 0 Å². The first-order chi connectivity index (χ1) is 18.0. The molecule has 2 heterocycles. The Morgan fingerprint density at radius 3 is 2.70 bits per heavy atom. The summed E-state index contributed by atoms with van der Waals surface area (Å²) in [6, 6.07) is 16.0. The number of thiophene rings is 1. The number of carbonyl (C=O) groups is 1. The monoisotopic (exact) mass is 515 g/mol. The summed E-state index contributed by atoms with van der Waals surface area (Å²) in [7, 11) is 1.66. The molecule has 0 unspecified atom stereocenters. The Morgan fingerprint density at radius 2 is 1.97 bits per heavy atom. The van der Waals surface area contributed by atoms with Gasteiger partial charge in [-0.25, -0.2) is 4.98 Å². The highest BCUT2D eigenvalue weighted by Crippen LogP contribution is 2.38. The van der Waals surface area contributed by atoms with E-state index < -0.39 is 11.9 Å². The Balaban J connectivity index is 1.51. The van der Waals surface area contributed by atoms with Crippen molar-refractivity contribution in [2.45, 2.75) is 32.8 Å². The zero-order valence-electron chi connectivity index (χ0n) is 21.1. The highest BCUT2D eigenvalue weighted by atomic mass is 32.1. The maximum atomic E-state index is 11.1. The van der Waals surface area contributed by atoms with Gasteiger partial charge in [-0.1, -0.05) is 30.2 Å². The normalized spacial score (nSPS) is 11.5. The van der Waals surface area contributed by atoms with Gasteiger partial charge in [0.2, 0.25) is 5.88 Å². The summed E-state index contributed by atoms with van der Waals surface area (Å²) in [6.07, 6.45) is 1.57. The Labute approximate surface area is 220 Å².